The Bertz CT molecular complexity index is 627. The van der Waals surface area contributed by atoms with Gasteiger partial charge in [-0.3, -0.25) is 14.9 Å². The highest BCUT2D eigenvalue weighted by Gasteiger charge is 2.07. The third-order valence-corrected chi connectivity index (χ3v) is 3.87. The topological polar surface area (TPSA) is 98.0 Å². The fraction of sp³-hybridized carbons (Fsp3) is 0.182. The molecule has 0 saturated carbocycles. The molecule has 2 rings (SSSR count). The lowest BCUT2D eigenvalue weighted by Crippen LogP contribution is -2.04. The maximum atomic E-state index is 10.9. The number of nitro groups is 1. The second-order valence-corrected chi connectivity index (χ2v) is 5.47. The van der Waals surface area contributed by atoms with Gasteiger partial charge in [-0.15, -0.1) is 0 Å². The zero-order valence-corrected chi connectivity index (χ0v) is 12.0. The van der Waals surface area contributed by atoms with Crippen LogP contribution >= 0.6 is 23.3 Å². The van der Waals surface area contributed by atoms with Crippen LogP contribution in [0, 0.1) is 10.1 Å². The monoisotopic (exact) mass is 310 g/mol. The van der Waals surface area contributed by atoms with Gasteiger partial charge in [0.25, 0.3) is 5.69 Å². The van der Waals surface area contributed by atoms with Crippen molar-refractivity contribution < 1.29 is 9.72 Å². The van der Waals surface area contributed by atoms with Crippen molar-refractivity contribution in [3.8, 4) is 0 Å². The van der Waals surface area contributed by atoms with Crippen molar-refractivity contribution in [2.75, 3.05) is 5.32 Å². The van der Waals surface area contributed by atoms with E-state index in [-0.39, 0.29) is 11.6 Å². The molecular weight excluding hydrogens is 300 g/mol. The van der Waals surface area contributed by atoms with Crippen LogP contribution in [0.4, 0.5) is 10.8 Å². The number of hydrogen-bond donors (Lipinski definition) is 1. The van der Waals surface area contributed by atoms with Crippen LogP contribution in [0.5, 0.6) is 0 Å². The van der Waals surface area contributed by atoms with Crippen molar-refractivity contribution in [1.29, 1.82) is 0 Å². The Kier molecular flexibility index (Phi) is 4.64. The molecule has 9 heteroatoms. The summed E-state index contributed by atoms with van der Waals surface area (Å²) in [5.74, 6) is 0.418. The zero-order chi connectivity index (χ0) is 14.5. The first-order valence-electron chi connectivity index (χ1n) is 5.52. The summed E-state index contributed by atoms with van der Waals surface area (Å²) in [5.41, 5.74) is 1.01. The van der Waals surface area contributed by atoms with E-state index in [1.54, 1.807) is 12.1 Å². The van der Waals surface area contributed by atoms with Crippen LogP contribution in [0.15, 0.2) is 29.4 Å². The first-order chi connectivity index (χ1) is 9.54. The predicted octanol–water partition coefficient (Wildman–Crippen LogP) is 2.70. The van der Waals surface area contributed by atoms with E-state index < -0.39 is 4.92 Å². The molecule has 0 aliphatic heterocycles. The van der Waals surface area contributed by atoms with E-state index in [4.69, 9.17) is 0 Å². The summed E-state index contributed by atoms with van der Waals surface area (Å²) in [6, 6.07) is 6.33. The molecule has 7 nitrogen and oxygen atoms in total. The molecule has 1 aromatic carbocycles. The van der Waals surface area contributed by atoms with Gasteiger partial charge < -0.3 is 5.32 Å². The summed E-state index contributed by atoms with van der Waals surface area (Å²) in [6.45, 7) is 1.41. The normalized spacial score (nSPS) is 10.2. The number of carbonyl (C=O) groups excluding carboxylic acids is 1. The number of benzene rings is 1. The number of nitrogens with one attached hydrogen (secondary N) is 1. The van der Waals surface area contributed by atoms with E-state index in [2.05, 4.69) is 14.7 Å². The molecule has 0 spiro atoms. The van der Waals surface area contributed by atoms with E-state index in [9.17, 15) is 14.9 Å². The molecule has 0 radical (unpaired) electrons. The van der Waals surface area contributed by atoms with Gasteiger partial charge in [0.05, 0.1) is 4.92 Å². The van der Waals surface area contributed by atoms with E-state index >= 15 is 0 Å². The van der Waals surface area contributed by atoms with Crippen LogP contribution in [-0.4, -0.2) is 20.2 Å². The Morgan fingerprint density at radius 2 is 2.15 bits per heavy atom. The molecular formula is C11H10N4O3S2. The Labute approximate surface area is 122 Å². The summed E-state index contributed by atoms with van der Waals surface area (Å²) in [6.07, 6.45) is 0. The summed E-state index contributed by atoms with van der Waals surface area (Å²) in [4.78, 5) is 25.1. The lowest BCUT2D eigenvalue weighted by molar-refractivity contribution is -0.384. The largest absolute Gasteiger partial charge is 0.301 e. The Morgan fingerprint density at radius 3 is 2.75 bits per heavy atom. The zero-order valence-electron chi connectivity index (χ0n) is 10.4. The van der Waals surface area contributed by atoms with Gasteiger partial charge in [-0.05, 0) is 5.56 Å². The van der Waals surface area contributed by atoms with Gasteiger partial charge in [-0.25, -0.2) is 0 Å². The average molecular weight is 310 g/mol. The summed E-state index contributed by atoms with van der Waals surface area (Å²) >= 11 is 2.52. The van der Waals surface area contributed by atoms with Crippen LogP contribution in [0.2, 0.25) is 0 Å². The molecule has 2 aromatic rings. The Morgan fingerprint density at radius 1 is 1.45 bits per heavy atom. The molecule has 20 heavy (non-hydrogen) atoms. The van der Waals surface area contributed by atoms with Crippen molar-refractivity contribution in [2.45, 2.75) is 17.8 Å². The first-order valence-corrected chi connectivity index (χ1v) is 7.28. The lowest BCUT2D eigenvalue weighted by Gasteiger charge is -1.98. The minimum atomic E-state index is -0.432. The van der Waals surface area contributed by atoms with Gasteiger partial charge in [0.15, 0.2) is 0 Å². The van der Waals surface area contributed by atoms with Crippen molar-refractivity contribution >= 4 is 40.0 Å². The molecule has 0 unspecified atom stereocenters. The lowest BCUT2D eigenvalue weighted by atomic mass is 10.2. The van der Waals surface area contributed by atoms with E-state index in [1.165, 1.54) is 30.8 Å². The average Bonchev–Trinajstić information content (AvgIpc) is 2.83. The minimum Gasteiger partial charge on any atom is -0.301 e. The standard InChI is InChI=1S/C11H10N4O3S2/c1-7(16)12-10-13-11(14-20-10)19-6-8-2-4-9(5-3-8)15(17)18/h2-5H,6H2,1H3,(H,12,13,14,16). The molecule has 0 atom stereocenters. The molecule has 1 heterocycles. The minimum absolute atomic E-state index is 0.0680. The number of thioether (sulfide) groups is 1. The highest BCUT2D eigenvalue weighted by Crippen LogP contribution is 2.24. The smallest absolute Gasteiger partial charge is 0.269 e. The number of nitro benzene ring substituents is 1. The van der Waals surface area contributed by atoms with Crippen LogP contribution < -0.4 is 5.32 Å². The number of amides is 1. The second-order valence-electron chi connectivity index (χ2n) is 3.78. The van der Waals surface area contributed by atoms with Crippen molar-refractivity contribution in [3.63, 3.8) is 0 Å². The number of non-ortho nitro benzene ring substituents is 1. The van der Waals surface area contributed by atoms with E-state index in [0.717, 1.165) is 17.1 Å². The fourth-order valence-electron chi connectivity index (χ4n) is 1.33. The van der Waals surface area contributed by atoms with Gasteiger partial charge in [0, 0.05) is 36.3 Å². The third-order valence-electron chi connectivity index (χ3n) is 2.21. The quantitative estimate of drug-likeness (QED) is 0.518. The van der Waals surface area contributed by atoms with Crippen molar-refractivity contribution in [3.05, 3.63) is 39.9 Å². The molecule has 1 N–H and O–H groups in total. The van der Waals surface area contributed by atoms with Crippen molar-refractivity contribution in [1.82, 2.24) is 9.36 Å². The van der Waals surface area contributed by atoms with Crippen LogP contribution in [0.25, 0.3) is 0 Å². The molecule has 0 fully saturated rings. The number of carbonyl (C=O) groups is 1. The maximum Gasteiger partial charge on any atom is 0.269 e. The van der Waals surface area contributed by atoms with Crippen LogP contribution in [0.1, 0.15) is 12.5 Å². The molecule has 0 aliphatic carbocycles. The number of nitrogens with zero attached hydrogens (tertiary/aromatic N) is 3. The number of rotatable bonds is 5. The van der Waals surface area contributed by atoms with E-state index in [0.29, 0.717) is 16.0 Å². The highest BCUT2D eigenvalue weighted by atomic mass is 32.2. The van der Waals surface area contributed by atoms with E-state index in [1.807, 2.05) is 0 Å². The summed E-state index contributed by atoms with van der Waals surface area (Å²) in [7, 11) is 0. The molecule has 104 valence electrons. The Hall–Kier alpha value is -2.00. The third kappa shape index (κ3) is 4.00. The molecule has 1 aromatic heterocycles. The maximum absolute atomic E-state index is 10.9. The van der Waals surface area contributed by atoms with Gasteiger partial charge in [0.2, 0.25) is 16.2 Å². The Balaban J connectivity index is 1.93. The summed E-state index contributed by atoms with van der Waals surface area (Å²) in [5, 5.41) is 14.1. The highest BCUT2D eigenvalue weighted by molar-refractivity contribution is 7.98. The molecule has 0 aliphatic rings. The van der Waals surface area contributed by atoms with Gasteiger partial charge in [0.1, 0.15) is 0 Å². The second kappa shape index (κ2) is 6.44. The van der Waals surface area contributed by atoms with Crippen molar-refractivity contribution in [2.24, 2.45) is 0 Å². The molecule has 1 amide bonds. The summed E-state index contributed by atoms with van der Waals surface area (Å²) < 4.78 is 4.10. The van der Waals surface area contributed by atoms with Crippen LogP contribution in [0.3, 0.4) is 0 Å². The number of anilines is 1. The number of hydrogen-bond acceptors (Lipinski definition) is 7. The molecule has 0 bridgehead atoms. The number of aromatic nitrogens is 2. The van der Waals surface area contributed by atoms with Gasteiger partial charge in [-0.2, -0.15) is 9.36 Å². The van der Waals surface area contributed by atoms with Crippen LogP contribution in [-0.2, 0) is 10.5 Å². The first kappa shape index (κ1) is 14.4. The predicted molar refractivity (Wildman–Crippen MR) is 76.9 cm³/mol. The van der Waals surface area contributed by atoms with Gasteiger partial charge in [-0.1, -0.05) is 23.9 Å². The SMILES string of the molecule is CC(=O)Nc1nc(SCc2ccc([N+](=O)[O-])cc2)ns1. The fourth-order valence-corrected chi connectivity index (χ4v) is 2.88. The molecule has 0 saturated heterocycles. The van der Waals surface area contributed by atoms with Gasteiger partial charge >= 0.3 is 0 Å².